The molecule has 6 heteroatoms. The Morgan fingerprint density at radius 1 is 0.750 bits per heavy atom. The number of carboxylic acids is 2. The Morgan fingerprint density at radius 2 is 1.00 bits per heavy atom. The molecule has 2 N–H and O–H groups in total. The quantitative estimate of drug-likeness (QED) is 0.409. The summed E-state index contributed by atoms with van der Waals surface area (Å²) in [6.07, 6.45) is 0.775. The van der Waals surface area contributed by atoms with Crippen LogP contribution in [0.25, 0.3) is 0 Å². The summed E-state index contributed by atoms with van der Waals surface area (Å²) in [5.74, 6) is -6.18. The van der Waals surface area contributed by atoms with Gasteiger partial charge in [0.1, 0.15) is 0 Å². The summed E-state index contributed by atoms with van der Waals surface area (Å²) >= 11 is 0. The zero-order chi connectivity index (χ0) is 9.72. The Balaban J connectivity index is 4.26. The van der Waals surface area contributed by atoms with E-state index in [9.17, 15) is 19.2 Å². The summed E-state index contributed by atoms with van der Waals surface area (Å²) in [7, 11) is 0. The number of carbonyl (C=O) groups excluding carboxylic acids is 2. The molecule has 0 aromatic rings. The summed E-state index contributed by atoms with van der Waals surface area (Å²) in [5, 5.41) is 15.9. The summed E-state index contributed by atoms with van der Waals surface area (Å²) < 4.78 is 0. The molecule has 0 amide bonds. The van der Waals surface area contributed by atoms with E-state index in [1.807, 2.05) is 0 Å². The van der Waals surface area contributed by atoms with Crippen molar-refractivity contribution in [3.8, 4) is 0 Å². The lowest BCUT2D eigenvalue weighted by molar-refractivity contribution is -0.147. The Hall–Kier alpha value is -1.98. The Morgan fingerprint density at radius 3 is 1.17 bits per heavy atom. The summed E-state index contributed by atoms with van der Waals surface area (Å²) in [5.41, 5.74) is 0. The molecule has 0 aromatic heterocycles. The maximum atomic E-state index is 10.2. The van der Waals surface area contributed by atoms with Crippen molar-refractivity contribution < 1.29 is 29.4 Å². The number of rotatable bonds is 4. The predicted octanol–water partition coefficient (Wildman–Crippen LogP) is -1.15. The first-order valence-electron chi connectivity index (χ1n) is 2.67. The minimum Gasteiger partial charge on any atom is -0.475 e. The minimum absolute atomic E-state index is 0.388. The number of ketones is 2. The molecule has 0 saturated carbocycles. The van der Waals surface area contributed by atoms with Crippen LogP contribution in [0.3, 0.4) is 0 Å². The van der Waals surface area contributed by atoms with Crippen molar-refractivity contribution in [1.29, 1.82) is 0 Å². The largest absolute Gasteiger partial charge is 0.475 e. The van der Waals surface area contributed by atoms with Gasteiger partial charge in [-0.2, -0.15) is 0 Å². The van der Waals surface area contributed by atoms with Gasteiger partial charge in [0.25, 0.3) is 11.6 Å². The number of aliphatic carboxylic acids is 2. The van der Waals surface area contributed by atoms with Crippen molar-refractivity contribution >= 4 is 23.5 Å². The first-order valence-corrected chi connectivity index (χ1v) is 2.67. The topological polar surface area (TPSA) is 109 Å². The molecule has 6 nitrogen and oxygen atoms in total. The number of hydrogen-bond acceptors (Lipinski definition) is 4. The zero-order valence-corrected chi connectivity index (χ0v) is 5.68. The molecule has 0 saturated heterocycles. The molecule has 0 aromatic carbocycles. The summed E-state index contributed by atoms with van der Waals surface area (Å²) in [6.45, 7) is 0. The van der Waals surface area contributed by atoms with Crippen molar-refractivity contribution in [3.05, 3.63) is 12.2 Å². The van der Waals surface area contributed by atoms with E-state index in [4.69, 9.17) is 10.2 Å². The van der Waals surface area contributed by atoms with Gasteiger partial charge in [0.2, 0.25) is 0 Å². The van der Waals surface area contributed by atoms with Crippen molar-refractivity contribution in [2.75, 3.05) is 0 Å². The van der Waals surface area contributed by atoms with Crippen molar-refractivity contribution in [2.24, 2.45) is 0 Å². The van der Waals surface area contributed by atoms with E-state index < -0.39 is 23.5 Å². The average Bonchev–Trinajstić information content (AvgIpc) is 1.98. The first kappa shape index (κ1) is 10.0. The number of carbonyl (C=O) groups is 4. The van der Waals surface area contributed by atoms with Crippen LogP contribution in [-0.4, -0.2) is 33.7 Å². The molecule has 0 atom stereocenters. The Kier molecular flexibility index (Phi) is 3.35. The fourth-order valence-electron chi connectivity index (χ4n) is 0.294. The van der Waals surface area contributed by atoms with E-state index in [0.717, 1.165) is 0 Å². The lowest BCUT2D eigenvalue weighted by Gasteiger charge is -1.83. The fourth-order valence-corrected chi connectivity index (χ4v) is 0.294. The molecule has 0 spiro atoms. The summed E-state index contributed by atoms with van der Waals surface area (Å²) in [6, 6.07) is 0. The maximum absolute atomic E-state index is 10.2. The Bertz CT molecular complexity index is 246. The maximum Gasteiger partial charge on any atom is 0.376 e. The normalized spacial score (nSPS) is 9.67. The van der Waals surface area contributed by atoms with E-state index in [2.05, 4.69) is 0 Å². The third kappa shape index (κ3) is 3.25. The smallest absolute Gasteiger partial charge is 0.376 e. The molecule has 0 aliphatic heterocycles. The van der Waals surface area contributed by atoms with Crippen molar-refractivity contribution in [1.82, 2.24) is 0 Å². The molecule has 0 bridgehead atoms. The van der Waals surface area contributed by atoms with Crippen LogP contribution in [-0.2, 0) is 19.2 Å². The highest BCUT2D eigenvalue weighted by Crippen LogP contribution is 1.80. The fraction of sp³-hybridized carbons (Fsp3) is 0. The van der Waals surface area contributed by atoms with Crippen LogP contribution in [0.5, 0.6) is 0 Å². The van der Waals surface area contributed by atoms with E-state index in [1.165, 1.54) is 0 Å². The molecule has 0 rings (SSSR count). The highest BCUT2D eigenvalue weighted by atomic mass is 16.4. The van der Waals surface area contributed by atoms with Gasteiger partial charge >= 0.3 is 11.9 Å². The van der Waals surface area contributed by atoms with Gasteiger partial charge in [-0.1, -0.05) is 0 Å². The number of hydrogen-bond donors (Lipinski definition) is 2. The van der Waals surface area contributed by atoms with Crippen molar-refractivity contribution in [3.63, 3.8) is 0 Å². The van der Waals surface area contributed by atoms with Gasteiger partial charge in [-0.25, -0.2) is 9.59 Å². The SMILES string of the molecule is O=C(O)C(=O)/C=C/C(=O)C(=O)O. The molecular formula is C6H4O6. The van der Waals surface area contributed by atoms with Gasteiger partial charge in [-0.05, 0) is 12.2 Å². The molecule has 64 valence electrons. The van der Waals surface area contributed by atoms with Crippen LogP contribution in [0.15, 0.2) is 12.2 Å². The van der Waals surface area contributed by atoms with Gasteiger partial charge in [0.05, 0.1) is 0 Å². The standard InChI is InChI=1S/C6H4O6/c7-3(5(9)10)1-2-4(8)6(11)12/h1-2H,(H,9,10)(H,11,12)/b2-1+. The third-order valence-electron chi connectivity index (χ3n) is 0.808. The first-order chi connectivity index (χ1) is 5.45. The molecule has 12 heavy (non-hydrogen) atoms. The highest BCUT2D eigenvalue weighted by Gasteiger charge is 2.10. The van der Waals surface area contributed by atoms with Crippen LogP contribution in [0.4, 0.5) is 0 Å². The van der Waals surface area contributed by atoms with E-state index in [-0.39, 0.29) is 0 Å². The molecule has 0 radical (unpaired) electrons. The average molecular weight is 172 g/mol. The summed E-state index contributed by atoms with van der Waals surface area (Å²) in [4.78, 5) is 40.1. The van der Waals surface area contributed by atoms with Crippen LogP contribution in [0.1, 0.15) is 0 Å². The van der Waals surface area contributed by atoms with Gasteiger partial charge in [0.15, 0.2) is 0 Å². The van der Waals surface area contributed by atoms with Gasteiger partial charge in [0, 0.05) is 0 Å². The molecule has 0 aliphatic carbocycles. The third-order valence-corrected chi connectivity index (χ3v) is 0.808. The zero-order valence-electron chi connectivity index (χ0n) is 5.68. The van der Waals surface area contributed by atoms with E-state index in [0.29, 0.717) is 12.2 Å². The van der Waals surface area contributed by atoms with Crippen molar-refractivity contribution in [2.45, 2.75) is 0 Å². The van der Waals surface area contributed by atoms with Crippen LogP contribution in [0.2, 0.25) is 0 Å². The second-order valence-electron chi connectivity index (χ2n) is 1.67. The molecular weight excluding hydrogens is 168 g/mol. The van der Waals surface area contributed by atoms with E-state index in [1.54, 1.807) is 0 Å². The molecule has 0 fully saturated rings. The lowest BCUT2D eigenvalue weighted by Crippen LogP contribution is -2.12. The monoisotopic (exact) mass is 172 g/mol. The second kappa shape index (κ2) is 4.02. The Labute approximate surface area is 66.1 Å². The van der Waals surface area contributed by atoms with Crippen LogP contribution < -0.4 is 0 Å². The van der Waals surface area contributed by atoms with Gasteiger partial charge in [-0.15, -0.1) is 0 Å². The second-order valence-corrected chi connectivity index (χ2v) is 1.67. The molecule has 0 aliphatic rings. The van der Waals surface area contributed by atoms with Crippen LogP contribution >= 0.6 is 0 Å². The van der Waals surface area contributed by atoms with Gasteiger partial charge in [-0.3, -0.25) is 9.59 Å². The highest BCUT2D eigenvalue weighted by molar-refractivity contribution is 6.42. The number of carboxylic acid groups (broad SMARTS) is 2. The molecule has 0 unspecified atom stereocenters. The van der Waals surface area contributed by atoms with Gasteiger partial charge < -0.3 is 10.2 Å². The van der Waals surface area contributed by atoms with E-state index >= 15 is 0 Å². The van der Waals surface area contributed by atoms with Crippen LogP contribution in [0, 0.1) is 0 Å². The molecule has 0 heterocycles. The predicted molar refractivity (Wildman–Crippen MR) is 34.4 cm³/mol. The minimum atomic E-state index is -1.75. The lowest BCUT2D eigenvalue weighted by atomic mass is 10.3.